The van der Waals surface area contributed by atoms with Crippen LogP contribution in [0, 0.1) is 0 Å². The number of ether oxygens (including phenoxy) is 2. The van der Waals surface area contributed by atoms with Crippen molar-refractivity contribution in [1.29, 1.82) is 0 Å². The van der Waals surface area contributed by atoms with Gasteiger partial charge in [-0.2, -0.15) is 0 Å². The molecule has 0 atom stereocenters. The Balaban J connectivity index is 2.10. The summed E-state index contributed by atoms with van der Waals surface area (Å²) in [6, 6.07) is 7.55. The van der Waals surface area contributed by atoms with E-state index in [1.54, 1.807) is 14.2 Å². The molecule has 1 N–H and O–H groups in total. The summed E-state index contributed by atoms with van der Waals surface area (Å²) in [7, 11) is 3.31. The molecule has 1 saturated carbocycles. The van der Waals surface area contributed by atoms with Crippen LogP contribution in [0.15, 0.2) is 24.3 Å². The highest BCUT2D eigenvalue weighted by atomic mass is 16.5. The molecule has 1 fully saturated rings. The van der Waals surface area contributed by atoms with E-state index >= 15 is 0 Å². The second kappa shape index (κ2) is 3.83. The van der Waals surface area contributed by atoms with Gasteiger partial charge in [-0.25, -0.2) is 0 Å². The van der Waals surface area contributed by atoms with Gasteiger partial charge < -0.3 is 14.6 Å². The molecule has 1 aromatic rings. The molecule has 1 aromatic carbocycles. The monoisotopic (exact) mass is 208 g/mol. The number of aliphatic hydroxyl groups is 1. The first-order valence-corrected chi connectivity index (χ1v) is 5.07. The van der Waals surface area contributed by atoms with E-state index in [1.807, 2.05) is 24.3 Å². The lowest BCUT2D eigenvalue weighted by molar-refractivity contribution is -0.133. The molecule has 0 aliphatic heterocycles. The van der Waals surface area contributed by atoms with E-state index in [-0.39, 0.29) is 6.10 Å². The van der Waals surface area contributed by atoms with Crippen molar-refractivity contribution >= 4 is 0 Å². The van der Waals surface area contributed by atoms with E-state index < -0.39 is 5.60 Å². The molecule has 3 heteroatoms. The van der Waals surface area contributed by atoms with Gasteiger partial charge in [0, 0.05) is 20.0 Å². The van der Waals surface area contributed by atoms with Crippen molar-refractivity contribution < 1.29 is 14.6 Å². The Hall–Kier alpha value is -1.06. The molecular weight excluding hydrogens is 192 g/mol. The second-order valence-electron chi connectivity index (χ2n) is 4.03. The highest BCUT2D eigenvalue weighted by Gasteiger charge is 2.44. The normalized spacial score (nSPS) is 29.7. The first-order valence-electron chi connectivity index (χ1n) is 5.07. The minimum Gasteiger partial charge on any atom is -0.497 e. The zero-order valence-electron chi connectivity index (χ0n) is 9.06. The lowest BCUT2D eigenvalue weighted by atomic mass is 9.73. The van der Waals surface area contributed by atoms with Gasteiger partial charge in [0.2, 0.25) is 0 Å². The van der Waals surface area contributed by atoms with Crippen molar-refractivity contribution in [3.63, 3.8) is 0 Å². The quantitative estimate of drug-likeness (QED) is 0.821. The van der Waals surface area contributed by atoms with Crippen LogP contribution in [0.4, 0.5) is 0 Å². The predicted molar refractivity (Wildman–Crippen MR) is 56.9 cm³/mol. The molecule has 2 rings (SSSR count). The summed E-state index contributed by atoms with van der Waals surface area (Å²) in [6.45, 7) is 0. The predicted octanol–water partition coefficient (Wildman–Crippen LogP) is 1.69. The molecule has 1 aliphatic rings. The van der Waals surface area contributed by atoms with Crippen LogP contribution in [0.2, 0.25) is 0 Å². The van der Waals surface area contributed by atoms with Crippen LogP contribution < -0.4 is 4.74 Å². The summed E-state index contributed by atoms with van der Waals surface area (Å²) in [5.41, 5.74) is 0.240. The summed E-state index contributed by atoms with van der Waals surface area (Å²) in [5, 5.41) is 10.2. The Kier molecular flexibility index (Phi) is 2.67. The molecule has 0 aromatic heterocycles. The van der Waals surface area contributed by atoms with Gasteiger partial charge in [-0.1, -0.05) is 12.1 Å². The van der Waals surface area contributed by atoms with Crippen molar-refractivity contribution in [3.8, 4) is 5.75 Å². The lowest BCUT2D eigenvalue weighted by Crippen LogP contribution is -2.45. The fourth-order valence-electron chi connectivity index (χ4n) is 2.00. The Morgan fingerprint density at radius 1 is 1.20 bits per heavy atom. The van der Waals surface area contributed by atoms with Gasteiger partial charge in [-0.3, -0.25) is 0 Å². The molecule has 0 bridgehead atoms. The zero-order chi connectivity index (χ0) is 10.9. The van der Waals surface area contributed by atoms with Gasteiger partial charge in [-0.05, 0) is 17.7 Å². The first-order chi connectivity index (χ1) is 7.18. The van der Waals surface area contributed by atoms with Crippen LogP contribution in [0.25, 0.3) is 0 Å². The van der Waals surface area contributed by atoms with Crippen molar-refractivity contribution in [1.82, 2.24) is 0 Å². The Morgan fingerprint density at radius 2 is 1.80 bits per heavy atom. The summed E-state index contributed by atoms with van der Waals surface area (Å²) < 4.78 is 10.2. The van der Waals surface area contributed by atoms with E-state index in [0.717, 1.165) is 11.3 Å². The summed E-state index contributed by atoms with van der Waals surface area (Å²) >= 11 is 0. The van der Waals surface area contributed by atoms with Crippen molar-refractivity contribution in [2.45, 2.75) is 24.5 Å². The first kappa shape index (κ1) is 10.5. The average Bonchev–Trinajstić information content (AvgIpc) is 2.25. The molecule has 82 valence electrons. The standard InChI is InChI=1S/C12H16O3/c1-14-10-5-3-9(4-6-10)12(13)7-11(8-12)15-2/h3-6,11,13H,7-8H2,1-2H3. The van der Waals surface area contributed by atoms with Crippen LogP contribution in [0.5, 0.6) is 5.75 Å². The van der Waals surface area contributed by atoms with E-state index in [9.17, 15) is 5.11 Å². The highest BCUT2D eigenvalue weighted by Crippen LogP contribution is 2.42. The zero-order valence-corrected chi connectivity index (χ0v) is 9.06. The summed E-state index contributed by atoms with van der Waals surface area (Å²) in [4.78, 5) is 0. The summed E-state index contributed by atoms with van der Waals surface area (Å²) in [5.74, 6) is 0.810. The van der Waals surface area contributed by atoms with Crippen molar-refractivity contribution in [2.75, 3.05) is 14.2 Å². The fourth-order valence-corrected chi connectivity index (χ4v) is 2.00. The molecule has 1 aliphatic carbocycles. The lowest BCUT2D eigenvalue weighted by Gasteiger charge is -2.43. The van der Waals surface area contributed by atoms with Gasteiger partial charge in [0.05, 0.1) is 18.8 Å². The van der Waals surface area contributed by atoms with E-state index in [2.05, 4.69) is 0 Å². The number of hydrogen-bond donors (Lipinski definition) is 1. The average molecular weight is 208 g/mol. The Morgan fingerprint density at radius 3 is 2.27 bits per heavy atom. The van der Waals surface area contributed by atoms with Crippen LogP contribution in [0.1, 0.15) is 18.4 Å². The van der Waals surface area contributed by atoms with E-state index in [1.165, 1.54) is 0 Å². The molecule has 0 saturated heterocycles. The number of hydrogen-bond acceptors (Lipinski definition) is 3. The van der Waals surface area contributed by atoms with Crippen LogP contribution in [0.3, 0.4) is 0 Å². The van der Waals surface area contributed by atoms with Gasteiger partial charge in [0.15, 0.2) is 0 Å². The van der Waals surface area contributed by atoms with Gasteiger partial charge >= 0.3 is 0 Å². The molecule has 3 nitrogen and oxygen atoms in total. The van der Waals surface area contributed by atoms with E-state index in [0.29, 0.717) is 12.8 Å². The topological polar surface area (TPSA) is 38.7 Å². The minimum atomic E-state index is -0.701. The smallest absolute Gasteiger partial charge is 0.118 e. The number of benzene rings is 1. The molecule has 0 radical (unpaired) electrons. The highest BCUT2D eigenvalue weighted by molar-refractivity contribution is 5.32. The third-order valence-corrected chi connectivity index (χ3v) is 3.09. The van der Waals surface area contributed by atoms with E-state index in [4.69, 9.17) is 9.47 Å². The van der Waals surface area contributed by atoms with Crippen LogP contribution in [-0.2, 0) is 10.3 Å². The SMILES string of the molecule is COc1ccc(C2(O)CC(OC)C2)cc1. The van der Waals surface area contributed by atoms with Gasteiger partial charge in [-0.15, -0.1) is 0 Å². The maximum Gasteiger partial charge on any atom is 0.118 e. The van der Waals surface area contributed by atoms with Crippen LogP contribution in [-0.4, -0.2) is 25.4 Å². The van der Waals surface area contributed by atoms with Gasteiger partial charge in [0.1, 0.15) is 5.75 Å². The molecule has 0 spiro atoms. The van der Waals surface area contributed by atoms with Crippen LogP contribution >= 0.6 is 0 Å². The maximum absolute atomic E-state index is 10.2. The largest absolute Gasteiger partial charge is 0.497 e. The third-order valence-electron chi connectivity index (χ3n) is 3.09. The molecular formula is C12H16O3. The number of methoxy groups -OCH3 is 2. The minimum absolute atomic E-state index is 0.192. The van der Waals surface area contributed by atoms with Crippen molar-refractivity contribution in [2.24, 2.45) is 0 Å². The Labute approximate surface area is 89.6 Å². The third kappa shape index (κ3) is 1.85. The maximum atomic E-state index is 10.2. The summed E-state index contributed by atoms with van der Waals surface area (Å²) in [6.07, 6.45) is 1.54. The van der Waals surface area contributed by atoms with Crippen molar-refractivity contribution in [3.05, 3.63) is 29.8 Å². The second-order valence-corrected chi connectivity index (χ2v) is 4.03. The molecule has 0 amide bonds. The van der Waals surface area contributed by atoms with Gasteiger partial charge in [0.25, 0.3) is 0 Å². The Bertz CT molecular complexity index is 325. The molecule has 15 heavy (non-hydrogen) atoms. The fraction of sp³-hybridized carbons (Fsp3) is 0.500. The molecule has 0 heterocycles. The molecule has 0 unspecified atom stereocenters. The number of rotatable bonds is 3.